The molecule has 0 atom stereocenters. The number of nitrogens with zero attached hydrogens (tertiary/aromatic N) is 3. The number of para-hydroxylation sites is 1. The summed E-state index contributed by atoms with van der Waals surface area (Å²) in [4.78, 5) is 18.4. The number of aryl methyl sites for hydroxylation is 1. The van der Waals surface area contributed by atoms with Gasteiger partial charge in [-0.1, -0.05) is 77.2 Å². The summed E-state index contributed by atoms with van der Waals surface area (Å²) < 4.78 is 8.56. The van der Waals surface area contributed by atoms with Crippen molar-refractivity contribution >= 4 is 33.0 Å². The predicted molar refractivity (Wildman–Crippen MR) is 144 cm³/mol. The largest absolute Gasteiger partial charge is 0.488 e. The highest BCUT2D eigenvalue weighted by molar-refractivity contribution is 9.10. The first kappa shape index (κ1) is 23.5. The van der Waals surface area contributed by atoms with Gasteiger partial charge in [0.05, 0.1) is 17.1 Å². The Balaban J connectivity index is 1.51. The Labute approximate surface area is 213 Å². The molecule has 0 saturated heterocycles. The predicted octanol–water partition coefficient (Wildman–Crippen LogP) is 6.98. The Morgan fingerprint density at radius 1 is 1.06 bits per heavy atom. The van der Waals surface area contributed by atoms with Gasteiger partial charge in [0.25, 0.3) is 5.56 Å². The van der Waals surface area contributed by atoms with E-state index in [0.29, 0.717) is 17.7 Å². The highest BCUT2D eigenvalue weighted by Crippen LogP contribution is 2.32. The van der Waals surface area contributed by atoms with Crippen LogP contribution < -0.4 is 10.3 Å². The molecule has 1 saturated carbocycles. The van der Waals surface area contributed by atoms with Crippen molar-refractivity contribution in [1.29, 1.82) is 0 Å². The molecule has 1 aliphatic carbocycles. The molecule has 5 rings (SSSR count). The van der Waals surface area contributed by atoms with Crippen LogP contribution in [0.15, 0.2) is 81.1 Å². The lowest BCUT2D eigenvalue weighted by Gasteiger charge is -2.22. The zero-order chi connectivity index (χ0) is 24.2. The molecule has 35 heavy (non-hydrogen) atoms. The third kappa shape index (κ3) is 5.38. The highest BCUT2D eigenvalue weighted by Gasteiger charge is 2.22. The lowest BCUT2D eigenvalue weighted by Crippen LogP contribution is -2.25. The first-order chi connectivity index (χ1) is 17.1. The Kier molecular flexibility index (Phi) is 7.09. The number of hydrogen-bond acceptors (Lipinski definition) is 4. The standard InChI is InChI=1S/C29H28BrN3O2/c1-20-11-13-21(14-12-20)19-35-27-16-15-24(30)17-23(27)18-31-33-28(22-7-3-2-4-8-22)32-26-10-6-5-9-25(26)29(33)34/h5-6,9-18,22H,2-4,7-8,19H2,1H3. The molecule has 178 valence electrons. The van der Waals surface area contributed by atoms with Gasteiger partial charge in [-0.05, 0) is 55.7 Å². The second-order valence-corrected chi connectivity index (χ2v) is 10.1. The quantitative estimate of drug-likeness (QED) is 0.253. The molecule has 0 bridgehead atoms. The summed E-state index contributed by atoms with van der Waals surface area (Å²) >= 11 is 3.55. The van der Waals surface area contributed by atoms with Crippen molar-refractivity contribution in [1.82, 2.24) is 9.66 Å². The summed E-state index contributed by atoms with van der Waals surface area (Å²) in [5, 5.41) is 5.26. The molecule has 0 unspecified atom stereocenters. The fraction of sp³-hybridized carbons (Fsp3) is 0.276. The van der Waals surface area contributed by atoms with E-state index in [9.17, 15) is 4.79 Å². The molecule has 3 aromatic carbocycles. The minimum Gasteiger partial charge on any atom is -0.488 e. The van der Waals surface area contributed by atoms with Gasteiger partial charge in [0.15, 0.2) is 0 Å². The van der Waals surface area contributed by atoms with Crippen molar-refractivity contribution in [3.8, 4) is 5.75 Å². The van der Waals surface area contributed by atoms with Crippen molar-refractivity contribution in [2.24, 2.45) is 5.10 Å². The maximum absolute atomic E-state index is 13.5. The van der Waals surface area contributed by atoms with E-state index in [4.69, 9.17) is 9.72 Å². The zero-order valence-corrected chi connectivity index (χ0v) is 21.4. The second-order valence-electron chi connectivity index (χ2n) is 9.14. The molecule has 1 fully saturated rings. The van der Waals surface area contributed by atoms with Crippen molar-refractivity contribution in [2.45, 2.75) is 51.6 Å². The first-order valence-electron chi connectivity index (χ1n) is 12.1. The smallest absolute Gasteiger partial charge is 0.282 e. The van der Waals surface area contributed by atoms with Gasteiger partial charge in [-0.15, -0.1) is 0 Å². The molecule has 1 heterocycles. The number of hydrogen-bond donors (Lipinski definition) is 0. The molecule has 0 amide bonds. The Morgan fingerprint density at radius 2 is 1.83 bits per heavy atom. The minimum absolute atomic E-state index is 0.135. The molecule has 1 aromatic heterocycles. The number of ether oxygens (including phenoxy) is 1. The third-order valence-corrected chi connectivity index (χ3v) is 7.04. The van der Waals surface area contributed by atoms with E-state index in [2.05, 4.69) is 52.2 Å². The maximum atomic E-state index is 13.5. The maximum Gasteiger partial charge on any atom is 0.282 e. The van der Waals surface area contributed by atoms with E-state index in [-0.39, 0.29) is 11.5 Å². The summed E-state index contributed by atoms with van der Waals surface area (Å²) in [6.07, 6.45) is 7.31. The Hall–Kier alpha value is -3.25. The van der Waals surface area contributed by atoms with E-state index in [1.165, 1.54) is 16.7 Å². The minimum atomic E-state index is -0.135. The summed E-state index contributed by atoms with van der Waals surface area (Å²) in [6.45, 7) is 2.52. The number of aromatic nitrogens is 2. The van der Waals surface area contributed by atoms with Crippen LogP contribution in [0.1, 0.15) is 60.5 Å². The molecule has 5 nitrogen and oxygen atoms in total. The summed E-state index contributed by atoms with van der Waals surface area (Å²) in [5.41, 5.74) is 3.70. The molecule has 4 aromatic rings. The third-order valence-electron chi connectivity index (χ3n) is 6.55. The summed E-state index contributed by atoms with van der Waals surface area (Å²) in [6, 6.07) is 21.6. The van der Waals surface area contributed by atoms with Gasteiger partial charge in [-0.3, -0.25) is 4.79 Å². The lowest BCUT2D eigenvalue weighted by atomic mass is 9.88. The highest BCUT2D eigenvalue weighted by atomic mass is 79.9. The van der Waals surface area contributed by atoms with Crippen LogP contribution in [0.5, 0.6) is 5.75 Å². The SMILES string of the molecule is Cc1ccc(COc2ccc(Br)cc2C=Nn2c(C3CCCCC3)nc3ccccc3c2=O)cc1. The van der Waals surface area contributed by atoms with Gasteiger partial charge in [0.2, 0.25) is 0 Å². The van der Waals surface area contributed by atoms with Crippen LogP contribution in [-0.4, -0.2) is 15.9 Å². The topological polar surface area (TPSA) is 56.5 Å². The van der Waals surface area contributed by atoms with Crippen LogP contribution in [0.25, 0.3) is 10.9 Å². The van der Waals surface area contributed by atoms with Gasteiger partial charge in [-0.25, -0.2) is 4.98 Å². The average Bonchev–Trinajstić information content (AvgIpc) is 2.89. The molecule has 0 radical (unpaired) electrons. The molecular weight excluding hydrogens is 502 g/mol. The van der Waals surface area contributed by atoms with E-state index in [1.807, 2.05) is 42.5 Å². The van der Waals surface area contributed by atoms with E-state index in [1.54, 1.807) is 6.21 Å². The number of rotatable bonds is 6. The monoisotopic (exact) mass is 529 g/mol. The number of halogens is 1. The fourth-order valence-corrected chi connectivity index (χ4v) is 4.97. The zero-order valence-electron chi connectivity index (χ0n) is 19.8. The fourth-order valence-electron chi connectivity index (χ4n) is 4.59. The van der Waals surface area contributed by atoms with Gasteiger partial charge in [-0.2, -0.15) is 9.78 Å². The van der Waals surface area contributed by atoms with Crippen LogP contribution in [0.4, 0.5) is 0 Å². The van der Waals surface area contributed by atoms with Gasteiger partial charge in [0.1, 0.15) is 18.2 Å². The van der Waals surface area contributed by atoms with Gasteiger partial charge >= 0.3 is 0 Å². The van der Waals surface area contributed by atoms with Crippen LogP contribution in [0.2, 0.25) is 0 Å². The molecular formula is C29H28BrN3O2. The van der Waals surface area contributed by atoms with Crippen molar-refractivity contribution in [2.75, 3.05) is 0 Å². The van der Waals surface area contributed by atoms with Crippen LogP contribution in [0.3, 0.4) is 0 Å². The van der Waals surface area contributed by atoms with E-state index in [0.717, 1.165) is 52.6 Å². The van der Waals surface area contributed by atoms with Crippen molar-refractivity contribution < 1.29 is 4.74 Å². The van der Waals surface area contributed by atoms with Gasteiger partial charge in [0, 0.05) is 16.0 Å². The normalized spacial score (nSPS) is 14.6. The Bertz CT molecular complexity index is 1420. The molecule has 0 aliphatic heterocycles. The van der Waals surface area contributed by atoms with Crippen LogP contribution >= 0.6 is 15.9 Å². The second kappa shape index (κ2) is 10.6. The lowest BCUT2D eigenvalue weighted by molar-refractivity contribution is 0.305. The van der Waals surface area contributed by atoms with E-state index < -0.39 is 0 Å². The number of benzene rings is 3. The first-order valence-corrected chi connectivity index (χ1v) is 12.9. The molecule has 0 spiro atoms. The van der Waals surface area contributed by atoms with Crippen molar-refractivity contribution in [3.63, 3.8) is 0 Å². The molecule has 0 N–H and O–H groups in total. The van der Waals surface area contributed by atoms with Crippen molar-refractivity contribution in [3.05, 3.63) is 104 Å². The van der Waals surface area contributed by atoms with Crippen LogP contribution in [0, 0.1) is 6.92 Å². The molecule has 6 heteroatoms. The summed E-state index contributed by atoms with van der Waals surface area (Å²) in [7, 11) is 0. The summed E-state index contributed by atoms with van der Waals surface area (Å²) in [5.74, 6) is 1.69. The van der Waals surface area contributed by atoms with Crippen LogP contribution in [-0.2, 0) is 6.61 Å². The van der Waals surface area contributed by atoms with Gasteiger partial charge < -0.3 is 4.74 Å². The number of fused-ring (bicyclic) bond motifs is 1. The van der Waals surface area contributed by atoms with E-state index >= 15 is 0 Å². The Morgan fingerprint density at radius 3 is 2.63 bits per heavy atom. The molecule has 1 aliphatic rings. The average molecular weight is 530 g/mol.